The summed E-state index contributed by atoms with van der Waals surface area (Å²) in [7, 11) is 0. The number of carboxylic acid groups (broad SMARTS) is 1. The Bertz CT molecular complexity index is 457. The van der Waals surface area contributed by atoms with E-state index in [9.17, 15) is 28.1 Å². The van der Waals surface area contributed by atoms with Crippen LogP contribution in [0.4, 0.5) is 18.9 Å². The minimum atomic E-state index is -5.08. The van der Waals surface area contributed by atoms with E-state index in [-0.39, 0.29) is 0 Å². The van der Waals surface area contributed by atoms with Crippen molar-refractivity contribution in [1.82, 2.24) is 4.98 Å². The molecule has 0 bridgehead atoms. The first-order valence-electron chi connectivity index (χ1n) is 3.69. The minimum Gasteiger partial charge on any atom is -0.477 e. The third-order valence-electron chi connectivity index (χ3n) is 1.56. The normalized spacial score (nSPS) is 11.2. The van der Waals surface area contributed by atoms with Crippen LogP contribution in [0.1, 0.15) is 16.2 Å². The highest BCUT2D eigenvalue weighted by atomic mass is 19.4. The maximum absolute atomic E-state index is 12.3. The molecular weight excluding hydrogens is 233 g/mol. The smallest absolute Gasteiger partial charge is 0.440 e. The van der Waals surface area contributed by atoms with Crippen LogP contribution < -0.4 is 0 Å². The molecule has 0 aliphatic heterocycles. The standard InChI is InChI=1S/C7H3F3N2O4/c8-7(9,10)5-4(12(15)16)2-1-3(11-5)6(13)14/h1-2H,(H,13,14). The molecular formula is C7H3F3N2O4. The van der Waals surface area contributed by atoms with E-state index in [2.05, 4.69) is 4.98 Å². The molecule has 0 atom stereocenters. The fourth-order valence-electron chi connectivity index (χ4n) is 0.927. The van der Waals surface area contributed by atoms with Crippen LogP contribution in [0.3, 0.4) is 0 Å². The highest BCUT2D eigenvalue weighted by Crippen LogP contribution is 2.34. The van der Waals surface area contributed by atoms with Crippen LogP contribution in [0.2, 0.25) is 0 Å². The molecule has 0 aliphatic rings. The third-order valence-corrected chi connectivity index (χ3v) is 1.56. The average Bonchev–Trinajstić information content (AvgIpc) is 2.15. The SMILES string of the molecule is O=C(O)c1ccc([N+](=O)[O-])c(C(F)(F)F)n1. The minimum absolute atomic E-state index is 0.458. The first-order chi connectivity index (χ1) is 7.23. The van der Waals surface area contributed by atoms with Gasteiger partial charge in [0.15, 0.2) is 0 Å². The number of rotatable bonds is 2. The maximum Gasteiger partial charge on any atom is 0.440 e. The Morgan fingerprint density at radius 2 is 2.00 bits per heavy atom. The van der Waals surface area contributed by atoms with Crippen LogP contribution in [0.25, 0.3) is 0 Å². The van der Waals surface area contributed by atoms with Gasteiger partial charge in [-0.25, -0.2) is 9.78 Å². The number of nitrogens with zero attached hydrogens (tertiary/aromatic N) is 2. The number of hydrogen-bond donors (Lipinski definition) is 1. The van der Waals surface area contributed by atoms with Gasteiger partial charge in [-0.1, -0.05) is 0 Å². The molecule has 0 unspecified atom stereocenters. The summed E-state index contributed by atoms with van der Waals surface area (Å²) in [6.07, 6.45) is -5.08. The highest BCUT2D eigenvalue weighted by molar-refractivity contribution is 5.85. The number of pyridine rings is 1. The summed E-state index contributed by atoms with van der Waals surface area (Å²) in [5, 5.41) is 18.7. The summed E-state index contributed by atoms with van der Waals surface area (Å²) < 4.78 is 36.9. The van der Waals surface area contributed by atoms with Crippen LogP contribution in [-0.4, -0.2) is 21.0 Å². The lowest BCUT2D eigenvalue weighted by Gasteiger charge is -2.06. The van der Waals surface area contributed by atoms with Crippen LogP contribution in [-0.2, 0) is 6.18 Å². The largest absolute Gasteiger partial charge is 0.477 e. The van der Waals surface area contributed by atoms with Crippen molar-refractivity contribution in [3.63, 3.8) is 0 Å². The number of carboxylic acids is 1. The molecule has 16 heavy (non-hydrogen) atoms. The predicted octanol–water partition coefficient (Wildman–Crippen LogP) is 1.71. The van der Waals surface area contributed by atoms with Crippen molar-refractivity contribution in [2.75, 3.05) is 0 Å². The van der Waals surface area contributed by atoms with Crippen molar-refractivity contribution in [2.24, 2.45) is 0 Å². The molecule has 0 aliphatic carbocycles. The number of nitro groups is 1. The Morgan fingerprint density at radius 1 is 1.44 bits per heavy atom. The predicted molar refractivity (Wildman–Crippen MR) is 42.9 cm³/mol. The summed E-state index contributed by atoms with van der Waals surface area (Å²) in [5.41, 5.74) is -4.01. The first kappa shape index (κ1) is 11.9. The summed E-state index contributed by atoms with van der Waals surface area (Å²) in [6, 6.07) is 1.09. The maximum atomic E-state index is 12.3. The van der Waals surface area contributed by atoms with Crippen molar-refractivity contribution in [3.05, 3.63) is 33.6 Å². The van der Waals surface area contributed by atoms with Crippen LogP contribution in [0.5, 0.6) is 0 Å². The molecule has 0 spiro atoms. The molecule has 0 saturated carbocycles. The Labute approximate surface area is 85.5 Å². The zero-order chi connectivity index (χ0) is 12.5. The molecule has 1 aromatic heterocycles. The Balaban J connectivity index is 3.45. The van der Waals surface area contributed by atoms with E-state index in [4.69, 9.17) is 5.11 Å². The van der Waals surface area contributed by atoms with E-state index in [0.29, 0.717) is 12.1 Å². The van der Waals surface area contributed by atoms with E-state index in [1.54, 1.807) is 0 Å². The number of hydrogen-bond acceptors (Lipinski definition) is 4. The molecule has 6 nitrogen and oxygen atoms in total. The van der Waals surface area contributed by atoms with Gasteiger partial charge in [0.2, 0.25) is 5.69 Å². The van der Waals surface area contributed by atoms with Gasteiger partial charge in [-0.3, -0.25) is 10.1 Å². The molecule has 0 fully saturated rings. The number of aromatic carboxylic acids is 1. The molecule has 1 N–H and O–H groups in total. The zero-order valence-electron chi connectivity index (χ0n) is 7.35. The number of carbonyl (C=O) groups is 1. The van der Waals surface area contributed by atoms with Gasteiger partial charge in [0.05, 0.1) is 4.92 Å². The van der Waals surface area contributed by atoms with Crippen LogP contribution in [0, 0.1) is 10.1 Å². The van der Waals surface area contributed by atoms with Gasteiger partial charge in [0.25, 0.3) is 5.69 Å². The lowest BCUT2D eigenvalue weighted by molar-refractivity contribution is -0.388. The highest BCUT2D eigenvalue weighted by Gasteiger charge is 2.41. The van der Waals surface area contributed by atoms with E-state index < -0.39 is 34.1 Å². The van der Waals surface area contributed by atoms with Crippen molar-refractivity contribution in [3.8, 4) is 0 Å². The molecule has 1 heterocycles. The summed E-state index contributed by atoms with van der Waals surface area (Å²) >= 11 is 0. The van der Waals surface area contributed by atoms with Gasteiger partial charge < -0.3 is 5.11 Å². The van der Waals surface area contributed by atoms with E-state index in [0.717, 1.165) is 0 Å². The van der Waals surface area contributed by atoms with E-state index >= 15 is 0 Å². The molecule has 0 radical (unpaired) electrons. The van der Waals surface area contributed by atoms with Crippen molar-refractivity contribution in [1.29, 1.82) is 0 Å². The fraction of sp³-hybridized carbons (Fsp3) is 0.143. The van der Waals surface area contributed by atoms with Gasteiger partial charge in [-0.15, -0.1) is 0 Å². The third kappa shape index (κ3) is 2.24. The monoisotopic (exact) mass is 236 g/mol. The topological polar surface area (TPSA) is 93.3 Å². The number of halogens is 3. The molecule has 1 aromatic rings. The van der Waals surface area contributed by atoms with Gasteiger partial charge >= 0.3 is 12.1 Å². The Morgan fingerprint density at radius 3 is 2.38 bits per heavy atom. The molecule has 9 heteroatoms. The van der Waals surface area contributed by atoms with Gasteiger partial charge in [0, 0.05) is 6.07 Å². The van der Waals surface area contributed by atoms with E-state index in [1.807, 2.05) is 0 Å². The van der Waals surface area contributed by atoms with Crippen molar-refractivity contribution in [2.45, 2.75) is 6.18 Å². The summed E-state index contributed by atoms with van der Waals surface area (Å²) in [4.78, 5) is 22.1. The average molecular weight is 236 g/mol. The number of aromatic nitrogens is 1. The second kappa shape index (κ2) is 3.76. The summed E-state index contributed by atoms with van der Waals surface area (Å²) in [5.74, 6) is -1.69. The van der Waals surface area contributed by atoms with Crippen LogP contribution >= 0.6 is 0 Å². The van der Waals surface area contributed by atoms with Crippen LogP contribution in [0.15, 0.2) is 12.1 Å². The molecule has 1 rings (SSSR count). The van der Waals surface area contributed by atoms with Crippen molar-refractivity contribution < 1.29 is 28.0 Å². The first-order valence-corrected chi connectivity index (χ1v) is 3.69. The van der Waals surface area contributed by atoms with E-state index in [1.165, 1.54) is 0 Å². The quantitative estimate of drug-likeness (QED) is 0.623. The lowest BCUT2D eigenvalue weighted by Crippen LogP contribution is -2.14. The second-order valence-corrected chi connectivity index (χ2v) is 2.62. The van der Waals surface area contributed by atoms with Crippen molar-refractivity contribution >= 4 is 11.7 Å². The van der Waals surface area contributed by atoms with Gasteiger partial charge in [0.1, 0.15) is 5.69 Å². The Hall–Kier alpha value is -2.19. The molecule has 0 saturated heterocycles. The molecule has 0 amide bonds. The zero-order valence-corrected chi connectivity index (χ0v) is 7.35. The molecule has 86 valence electrons. The lowest BCUT2D eigenvalue weighted by atomic mass is 10.2. The van der Waals surface area contributed by atoms with Gasteiger partial charge in [-0.2, -0.15) is 13.2 Å². The fourth-order valence-corrected chi connectivity index (χ4v) is 0.927. The molecule has 0 aromatic carbocycles. The summed E-state index contributed by atoms with van der Waals surface area (Å²) in [6.45, 7) is 0. The van der Waals surface area contributed by atoms with Gasteiger partial charge in [-0.05, 0) is 6.07 Å². The second-order valence-electron chi connectivity index (χ2n) is 2.62. The Kier molecular flexibility index (Phi) is 2.79. The number of alkyl halides is 3.